The molecule has 0 radical (unpaired) electrons. The summed E-state index contributed by atoms with van der Waals surface area (Å²) in [6.45, 7) is -0.243. The van der Waals surface area contributed by atoms with Crippen molar-refractivity contribution in [3.63, 3.8) is 0 Å². The van der Waals surface area contributed by atoms with Crippen LogP contribution in [0.1, 0.15) is 18.4 Å². The molecule has 27 heavy (non-hydrogen) atoms. The molecule has 1 aliphatic carbocycles. The van der Waals surface area contributed by atoms with E-state index >= 15 is 0 Å². The molecule has 0 aliphatic heterocycles. The molecular formula is C18H16F3N5O. The molecule has 0 saturated heterocycles. The Labute approximate surface area is 152 Å². The summed E-state index contributed by atoms with van der Waals surface area (Å²) in [5, 5.41) is 6.42. The Morgan fingerprint density at radius 1 is 1.26 bits per heavy atom. The lowest BCUT2D eigenvalue weighted by Gasteiger charge is -2.11. The van der Waals surface area contributed by atoms with E-state index in [1.807, 2.05) is 0 Å². The van der Waals surface area contributed by atoms with Gasteiger partial charge in [-0.15, -0.1) is 0 Å². The number of fused-ring (bicyclic) bond motifs is 1. The van der Waals surface area contributed by atoms with Gasteiger partial charge in [0.1, 0.15) is 6.54 Å². The zero-order valence-corrected chi connectivity index (χ0v) is 14.1. The van der Waals surface area contributed by atoms with Crippen LogP contribution in [0.4, 0.5) is 19.0 Å². The molecule has 140 valence electrons. The van der Waals surface area contributed by atoms with E-state index in [2.05, 4.69) is 15.4 Å². The number of hydrogen-bond acceptors (Lipinski definition) is 4. The van der Waals surface area contributed by atoms with E-state index in [0.717, 1.165) is 23.6 Å². The fraction of sp³-hybridized carbons (Fsp3) is 0.278. The SMILES string of the molecule is Nc1nn(CC(=O)NC2CC2)c2nc(-c3ccccc3)cc(C(F)(F)F)c12. The molecule has 1 amide bonds. The maximum atomic E-state index is 13.6. The van der Waals surface area contributed by atoms with Crippen LogP contribution < -0.4 is 11.1 Å². The van der Waals surface area contributed by atoms with Crippen molar-refractivity contribution >= 4 is 22.8 Å². The summed E-state index contributed by atoms with van der Waals surface area (Å²) < 4.78 is 42.1. The van der Waals surface area contributed by atoms with Crippen molar-refractivity contribution in [2.24, 2.45) is 0 Å². The molecule has 3 N–H and O–H groups in total. The molecule has 2 heterocycles. The van der Waals surface area contributed by atoms with Crippen molar-refractivity contribution < 1.29 is 18.0 Å². The van der Waals surface area contributed by atoms with Crippen molar-refractivity contribution in [1.82, 2.24) is 20.1 Å². The third-order valence-electron chi connectivity index (χ3n) is 4.34. The highest BCUT2D eigenvalue weighted by Crippen LogP contribution is 2.38. The highest BCUT2D eigenvalue weighted by atomic mass is 19.4. The molecule has 0 spiro atoms. The fourth-order valence-electron chi connectivity index (χ4n) is 2.93. The molecule has 6 nitrogen and oxygen atoms in total. The van der Waals surface area contributed by atoms with E-state index in [1.165, 1.54) is 0 Å². The first-order chi connectivity index (χ1) is 12.8. The predicted molar refractivity (Wildman–Crippen MR) is 93.5 cm³/mol. The first-order valence-electron chi connectivity index (χ1n) is 8.42. The molecule has 0 bridgehead atoms. The summed E-state index contributed by atoms with van der Waals surface area (Å²) in [7, 11) is 0. The number of hydrogen-bond donors (Lipinski definition) is 2. The van der Waals surface area contributed by atoms with Crippen LogP contribution in [0, 0.1) is 0 Å². The largest absolute Gasteiger partial charge is 0.417 e. The Balaban J connectivity index is 1.86. The number of alkyl halides is 3. The Kier molecular flexibility index (Phi) is 4.01. The van der Waals surface area contributed by atoms with Crippen LogP contribution in [0.15, 0.2) is 36.4 Å². The van der Waals surface area contributed by atoms with Gasteiger partial charge in [0.2, 0.25) is 5.91 Å². The number of nitrogens with one attached hydrogen (secondary N) is 1. The number of carbonyl (C=O) groups excluding carboxylic acids is 1. The van der Waals surface area contributed by atoms with Gasteiger partial charge in [-0.05, 0) is 18.9 Å². The number of halogens is 3. The van der Waals surface area contributed by atoms with Crippen LogP contribution in [-0.4, -0.2) is 26.7 Å². The summed E-state index contributed by atoms with van der Waals surface area (Å²) in [6, 6.07) is 9.61. The van der Waals surface area contributed by atoms with E-state index in [9.17, 15) is 18.0 Å². The lowest BCUT2D eigenvalue weighted by atomic mass is 10.1. The van der Waals surface area contributed by atoms with Gasteiger partial charge in [0.05, 0.1) is 16.6 Å². The van der Waals surface area contributed by atoms with E-state index in [4.69, 9.17) is 5.73 Å². The Morgan fingerprint density at radius 3 is 2.59 bits per heavy atom. The Morgan fingerprint density at radius 2 is 1.96 bits per heavy atom. The van der Waals surface area contributed by atoms with Crippen LogP contribution in [0.5, 0.6) is 0 Å². The van der Waals surface area contributed by atoms with Gasteiger partial charge in [-0.1, -0.05) is 30.3 Å². The van der Waals surface area contributed by atoms with Gasteiger partial charge in [-0.2, -0.15) is 18.3 Å². The second-order valence-corrected chi connectivity index (χ2v) is 6.50. The van der Waals surface area contributed by atoms with Crippen LogP contribution >= 0.6 is 0 Å². The van der Waals surface area contributed by atoms with E-state index in [1.54, 1.807) is 30.3 Å². The first kappa shape index (κ1) is 17.3. The number of carbonyl (C=O) groups is 1. The Hall–Kier alpha value is -3.10. The summed E-state index contributed by atoms with van der Waals surface area (Å²) in [6.07, 6.45) is -2.83. The number of aromatic nitrogens is 3. The average molecular weight is 375 g/mol. The van der Waals surface area contributed by atoms with Crippen LogP contribution in [0.2, 0.25) is 0 Å². The number of nitrogen functional groups attached to an aromatic ring is 1. The van der Waals surface area contributed by atoms with Crippen molar-refractivity contribution in [3.8, 4) is 11.3 Å². The molecule has 2 aromatic heterocycles. The van der Waals surface area contributed by atoms with Crippen molar-refractivity contribution in [3.05, 3.63) is 42.0 Å². The lowest BCUT2D eigenvalue weighted by molar-refractivity contribution is -0.136. The van der Waals surface area contributed by atoms with Crippen molar-refractivity contribution in [1.29, 1.82) is 0 Å². The quantitative estimate of drug-likeness (QED) is 0.734. The monoisotopic (exact) mass is 375 g/mol. The smallest absolute Gasteiger partial charge is 0.382 e. The molecule has 1 saturated carbocycles. The van der Waals surface area contributed by atoms with Gasteiger partial charge in [-0.3, -0.25) is 4.79 Å². The molecular weight excluding hydrogens is 359 g/mol. The zero-order chi connectivity index (χ0) is 19.2. The van der Waals surface area contributed by atoms with Gasteiger partial charge in [0, 0.05) is 11.6 Å². The first-order valence-corrected chi connectivity index (χ1v) is 8.42. The highest BCUT2D eigenvalue weighted by Gasteiger charge is 2.36. The van der Waals surface area contributed by atoms with Crippen molar-refractivity contribution in [2.75, 3.05) is 5.73 Å². The van der Waals surface area contributed by atoms with E-state index in [-0.39, 0.29) is 41.0 Å². The molecule has 0 unspecified atom stereocenters. The summed E-state index contributed by atoms with van der Waals surface area (Å²) in [5.74, 6) is -0.633. The molecule has 1 aromatic carbocycles. The van der Waals surface area contributed by atoms with Gasteiger partial charge in [0.15, 0.2) is 11.5 Å². The van der Waals surface area contributed by atoms with Gasteiger partial charge in [0.25, 0.3) is 0 Å². The molecule has 1 aliphatic rings. The number of amides is 1. The highest BCUT2D eigenvalue weighted by molar-refractivity contribution is 5.93. The number of anilines is 1. The maximum Gasteiger partial charge on any atom is 0.417 e. The van der Waals surface area contributed by atoms with Gasteiger partial charge in [-0.25, -0.2) is 9.67 Å². The molecule has 0 atom stereocenters. The zero-order valence-electron chi connectivity index (χ0n) is 14.1. The number of rotatable bonds is 4. The van der Waals surface area contributed by atoms with E-state index in [0.29, 0.717) is 5.56 Å². The predicted octanol–water partition coefficient (Wildman–Crippen LogP) is 2.98. The molecule has 9 heteroatoms. The third-order valence-corrected chi connectivity index (χ3v) is 4.34. The normalized spacial score (nSPS) is 14.5. The third kappa shape index (κ3) is 3.44. The topological polar surface area (TPSA) is 85.8 Å². The second kappa shape index (κ2) is 6.26. The number of nitrogens with zero attached hydrogens (tertiary/aromatic N) is 3. The minimum absolute atomic E-state index is 0.0628. The maximum absolute atomic E-state index is 13.6. The van der Waals surface area contributed by atoms with E-state index < -0.39 is 11.7 Å². The van der Waals surface area contributed by atoms with Gasteiger partial charge >= 0.3 is 6.18 Å². The molecule has 3 aromatic rings. The van der Waals surface area contributed by atoms with Crippen LogP contribution in [0.3, 0.4) is 0 Å². The molecule has 1 fully saturated rings. The second-order valence-electron chi connectivity index (χ2n) is 6.50. The number of benzene rings is 1. The summed E-state index contributed by atoms with van der Waals surface area (Å²) in [5.41, 5.74) is 5.43. The fourth-order valence-corrected chi connectivity index (χ4v) is 2.93. The molecule has 4 rings (SSSR count). The standard InChI is InChI=1S/C18H16F3N5O/c19-18(20,21)12-8-13(10-4-2-1-3-5-10)24-17-15(12)16(22)25-26(17)9-14(27)23-11-6-7-11/h1-5,8,11H,6-7,9H2,(H2,22,25)(H,23,27). The minimum atomic E-state index is -4.64. The van der Waals surface area contributed by atoms with Gasteiger partial charge < -0.3 is 11.1 Å². The lowest BCUT2D eigenvalue weighted by Crippen LogP contribution is -2.29. The minimum Gasteiger partial charge on any atom is -0.382 e. The van der Waals surface area contributed by atoms with Crippen LogP contribution in [-0.2, 0) is 17.5 Å². The summed E-state index contributed by atoms with van der Waals surface area (Å²) in [4.78, 5) is 16.4. The number of pyridine rings is 1. The van der Waals surface area contributed by atoms with Crippen LogP contribution in [0.25, 0.3) is 22.3 Å². The summed E-state index contributed by atoms with van der Waals surface area (Å²) >= 11 is 0. The Bertz CT molecular complexity index is 1010. The average Bonchev–Trinajstić information content (AvgIpc) is 3.38. The van der Waals surface area contributed by atoms with Crippen molar-refractivity contribution in [2.45, 2.75) is 31.6 Å². The number of nitrogens with two attached hydrogens (primary N) is 1.